The Morgan fingerprint density at radius 2 is 1.89 bits per heavy atom. The molecular formula is C14H21NO4. The molecule has 0 radical (unpaired) electrons. The Hall–Kier alpha value is -1.59. The predicted molar refractivity (Wildman–Crippen MR) is 71.6 cm³/mol. The minimum Gasteiger partial charge on any atom is -0.497 e. The lowest BCUT2D eigenvalue weighted by atomic mass is 9.97. The molecule has 0 aliphatic heterocycles. The first kappa shape index (κ1) is 15.5. The van der Waals surface area contributed by atoms with E-state index in [4.69, 9.17) is 9.57 Å². The maximum absolute atomic E-state index is 11.8. The summed E-state index contributed by atoms with van der Waals surface area (Å²) in [7, 11) is 4.55. The normalized spacial score (nSPS) is 13.7. The molecule has 0 spiro atoms. The van der Waals surface area contributed by atoms with Gasteiger partial charge in [0.05, 0.1) is 26.2 Å². The van der Waals surface area contributed by atoms with E-state index < -0.39 is 12.0 Å². The first-order chi connectivity index (χ1) is 8.99. The van der Waals surface area contributed by atoms with E-state index in [0.717, 1.165) is 16.4 Å². The lowest BCUT2D eigenvalue weighted by Crippen LogP contribution is -2.37. The monoisotopic (exact) mass is 267 g/mol. The zero-order valence-electron chi connectivity index (χ0n) is 11.8. The fraction of sp³-hybridized carbons (Fsp3) is 0.500. The van der Waals surface area contributed by atoms with Crippen LogP contribution in [0.15, 0.2) is 24.3 Å². The van der Waals surface area contributed by atoms with Gasteiger partial charge in [-0.3, -0.25) is 9.63 Å². The molecule has 1 aromatic rings. The summed E-state index contributed by atoms with van der Waals surface area (Å²) in [4.78, 5) is 16.6. The zero-order chi connectivity index (χ0) is 14.4. The summed E-state index contributed by atoms with van der Waals surface area (Å²) in [6.45, 7) is 1.69. The van der Waals surface area contributed by atoms with Crippen molar-refractivity contribution in [1.82, 2.24) is 5.06 Å². The van der Waals surface area contributed by atoms with E-state index in [1.165, 1.54) is 14.2 Å². The second-order valence-electron chi connectivity index (χ2n) is 4.43. The topological polar surface area (TPSA) is 59.0 Å². The van der Waals surface area contributed by atoms with Crippen molar-refractivity contribution in [2.24, 2.45) is 5.92 Å². The Kier molecular flexibility index (Phi) is 5.79. The fourth-order valence-corrected chi connectivity index (χ4v) is 1.72. The van der Waals surface area contributed by atoms with Crippen LogP contribution < -0.4 is 4.74 Å². The number of aliphatic hydroxyl groups is 1. The Bertz CT molecular complexity index is 404. The number of benzene rings is 1. The van der Waals surface area contributed by atoms with Crippen LogP contribution in [-0.2, 0) is 16.1 Å². The zero-order valence-corrected chi connectivity index (χ0v) is 11.8. The van der Waals surface area contributed by atoms with Gasteiger partial charge in [-0.1, -0.05) is 19.1 Å². The molecule has 0 heterocycles. The molecule has 0 unspecified atom stereocenters. The smallest absolute Gasteiger partial charge is 0.251 e. The number of methoxy groups -OCH3 is 1. The number of aliphatic hydroxyl groups excluding tert-OH is 1. The van der Waals surface area contributed by atoms with E-state index in [2.05, 4.69) is 0 Å². The van der Waals surface area contributed by atoms with E-state index >= 15 is 0 Å². The van der Waals surface area contributed by atoms with Gasteiger partial charge in [-0.05, 0) is 24.1 Å². The highest BCUT2D eigenvalue weighted by atomic mass is 16.7. The molecule has 1 aromatic carbocycles. The van der Waals surface area contributed by atoms with Gasteiger partial charge in [-0.25, -0.2) is 5.06 Å². The molecule has 5 nitrogen and oxygen atoms in total. The largest absolute Gasteiger partial charge is 0.497 e. The highest BCUT2D eigenvalue weighted by molar-refractivity contribution is 5.77. The number of ether oxygens (including phenoxy) is 1. The second-order valence-corrected chi connectivity index (χ2v) is 4.43. The molecule has 0 fully saturated rings. The molecule has 0 aliphatic rings. The van der Waals surface area contributed by atoms with Crippen LogP contribution in [0, 0.1) is 5.92 Å². The van der Waals surface area contributed by atoms with Crippen molar-refractivity contribution in [3.05, 3.63) is 29.8 Å². The molecule has 106 valence electrons. The fourth-order valence-electron chi connectivity index (χ4n) is 1.72. The highest BCUT2D eigenvalue weighted by Crippen LogP contribution is 2.16. The van der Waals surface area contributed by atoms with Gasteiger partial charge in [-0.2, -0.15) is 0 Å². The molecule has 0 saturated carbocycles. The predicted octanol–water partition coefficient (Wildman–Crippen LogP) is 1.25. The molecule has 0 saturated heterocycles. The van der Waals surface area contributed by atoms with Crippen LogP contribution in [0.2, 0.25) is 0 Å². The number of hydrogen-bond acceptors (Lipinski definition) is 4. The molecule has 5 heteroatoms. The first-order valence-electron chi connectivity index (χ1n) is 6.12. The number of amides is 1. The lowest BCUT2D eigenvalue weighted by Gasteiger charge is -2.22. The minimum atomic E-state index is -0.751. The van der Waals surface area contributed by atoms with Gasteiger partial charge >= 0.3 is 0 Å². The maximum atomic E-state index is 11.8. The number of hydrogen-bond donors (Lipinski definition) is 1. The van der Waals surface area contributed by atoms with Crippen LogP contribution in [0.25, 0.3) is 0 Å². The van der Waals surface area contributed by atoms with Crippen LogP contribution in [0.5, 0.6) is 5.75 Å². The molecule has 2 atom stereocenters. The Morgan fingerprint density at radius 1 is 1.32 bits per heavy atom. The van der Waals surface area contributed by atoms with Crippen molar-refractivity contribution in [3.8, 4) is 5.75 Å². The summed E-state index contributed by atoms with van der Waals surface area (Å²) in [6, 6.07) is 7.41. The van der Waals surface area contributed by atoms with Crippen LogP contribution in [0.4, 0.5) is 0 Å². The third-order valence-electron chi connectivity index (χ3n) is 3.15. The second kappa shape index (κ2) is 7.11. The third-order valence-corrected chi connectivity index (χ3v) is 3.15. The van der Waals surface area contributed by atoms with Crippen molar-refractivity contribution in [2.45, 2.75) is 19.4 Å². The third kappa shape index (κ3) is 4.22. The number of nitrogens with zero attached hydrogens (tertiary/aromatic N) is 1. The standard InChI is InChI=1S/C14H21NO4/c1-10(14(17)15(2)19-4)13(16)9-11-5-7-12(18-3)8-6-11/h5-8,10,13,16H,9H2,1-4H3/t10-,13+/m1/s1. The molecule has 19 heavy (non-hydrogen) atoms. The van der Waals surface area contributed by atoms with Crippen LogP contribution in [0.3, 0.4) is 0 Å². The van der Waals surface area contributed by atoms with E-state index in [-0.39, 0.29) is 5.91 Å². The van der Waals surface area contributed by atoms with Crippen molar-refractivity contribution >= 4 is 5.91 Å². The van der Waals surface area contributed by atoms with Crippen molar-refractivity contribution in [3.63, 3.8) is 0 Å². The SMILES string of the molecule is COc1ccc(C[C@H](O)[C@@H](C)C(=O)N(C)OC)cc1. The number of carbonyl (C=O) groups is 1. The van der Waals surface area contributed by atoms with E-state index in [1.54, 1.807) is 14.0 Å². The molecule has 1 amide bonds. The minimum absolute atomic E-state index is 0.247. The van der Waals surface area contributed by atoms with E-state index in [1.807, 2.05) is 24.3 Å². The van der Waals surface area contributed by atoms with Gasteiger partial charge in [-0.15, -0.1) is 0 Å². The molecule has 0 bridgehead atoms. The molecule has 0 aromatic heterocycles. The van der Waals surface area contributed by atoms with Gasteiger partial charge in [0.1, 0.15) is 5.75 Å². The molecular weight excluding hydrogens is 246 g/mol. The number of carbonyl (C=O) groups excluding carboxylic acids is 1. The summed E-state index contributed by atoms with van der Waals surface area (Å²) in [5.74, 6) is -0.00274. The van der Waals surface area contributed by atoms with Gasteiger partial charge in [0.2, 0.25) is 0 Å². The summed E-state index contributed by atoms with van der Waals surface area (Å²) >= 11 is 0. The summed E-state index contributed by atoms with van der Waals surface area (Å²) < 4.78 is 5.07. The average Bonchev–Trinajstić information content (AvgIpc) is 2.45. The quantitative estimate of drug-likeness (QED) is 0.788. The number of rotatable bonds is 6. The van der Waals surface area contributed by atoms with Crippen molar-refractivity contribution in [2.75, 3.05) is 21.3 Å². The Balaban J connectivity index is 2.62. The van der Waals surface area contributed by atoms with Crippen LogP contribution in [0.1, 0.15) is 12.5 Å². The lowest BCUT2D eigenvalue weighted by molar-refractivity contribution is -0.176. The van der Waals surface area contributed by atoms with E-state index in [9.17, 15) is 9.90 Å². The molecule has 1 N–H and O–H groups in total. The Morgan fingerprint density at radius 3 is 2.37 bits per heavy atom. The number of hydroxylamine groups is 2. The molecule has 1 rings (SSSR count). The summed E-state index contributed by atoms with van der Waals surface area (Å²) in [5, 5.41) is 11.2. The van der Waals surface area contributed by atoms with Crippen LogP contribution >= 0.6 is 0 Å². The van der Waals surface area contributed by atoms with E-state index in [0.29, 0.717) is 6.42 Å². The first-order valence-corrected chi connectivity index (χ1v) is 6.12. The van der Waals surface area contributed by atoms with Gasteiger partial charge in [0.15, 0.2) is 0 Å². The Labute approximate surface area is 113 Å². The average molecular weight is 267 g/mol. The highest BCUT2D eigenvalue weighted by Gasteiger charge is 2.25. The van der Waals surface area contributed by atoms with Crippen LogP contribution in [-0.4, -0.2) is 43.4 Å². The van der Waals surface area contributed by atoms with Gasteiger partial charge in [0, 0.05) is 7.05 Å². The summed E-state index contributed by atoms with van der Waals surface area (Å²) in [6.07, 6.45) is -0.340. The summed E-state index contributed by atoms with van der Waals surface area (Å²) in [5.41, 5.74) is 0.952. The molecule has 0 aliphatic carbocycles. The maximum Gasteiger partial charge on any atom is 0.251 e. The van der Waals surface area contributed by atoms with Crippen molar-refractivity contribution < 1.29 is 19.5 Å². The van der Waals surface area contributed by atoms with Gasteiger partial charge in [0.25, 0.3) is 5.91 Å². The van der Waals surface area contributed by atoms with Crippen molar-refractivity contribution in [1.29, 1.82) is 0 Å². The van der Waals surface area contributed by atoms with Gasteiger partial charge < -0.3 is 9.84 Å².